The monoisotopic (exact) mass is 327 g/mol. The molecule has 0 aliphatic carbocycles. The molecule has 126 valence electrons. The molecule has 1 aliphatic heterocycles. The van der Waals surface area contributed by atoms with Gasteiger partial charge in [-0.3, -0.25) is 4.79 Å². The maximum absolute atomic E-state index is 11.5. The van der Waals surface area contributed by atoms with Crippen molar-refractivity contribution in [2.45, 2.75) is 18.9 Å². The number of ether oxygens (including phenoxy) is 2. The normalized spacial score (nSPS) is 16.4. The summed E-state index contributed by atoms with van der Waals surface area (Å²) in [6, 6.07) is 11.3. The average molecular weight is 327 g/mol. The van der Waals surface area contributed by atoms with Crippen LogP contribution >= 0.6 is 0 Å². The van der Waals surface area contributed by atoms with Gasteiger partial charge in [0.15, 0.2) is 11.5 Å². The molecule has 0 fully saturated rings. The summed E-state index contributed by atoms with van der Waals surface area (Å²) in [7, 11) is 3.17. The molecule has 0 bridgehead atoms. The summed E-state index contributed by atoms with van der Waals surface area (Å²) in [6.45, 7) is 0.677. The minimum absolute atomic E-state index is 0.0510. The van der Waals surface area contributed by atoms with Gasteiger partial charge in [-0.2, -0.15) is 0 Å². The lowest BCUT2D eigenvalue weighted by Crippen LogP contribution is -2.35. The van der Waals surface area contributed by atoms with Crippen molar-refractivity contribution in [1.29, 1.82) is 0 Å². The third-order valence-corrected chi connectivity index (χ3v) is 4.56. The average Bonchev–Trinajstić information content (AvgIpc) is 2.61. The zero-order valence-electron chi connectivity index (χ0n) is 13.9. The van der Waals surface area contributed by atoms with E-state index in [9.17, 15) is 9.90 Å². The molecule has 1 amide bonds. The number of hydrogen-bond acceptors (Lipinski definition) is 4. The second-order valence-corrected chi connectivity index (χ2v) is 5.88. The van der Waals surface area contributed by atoms with Crippen LogP contribution in [0.5, 0.6) is 17.2 Å². The number of carbonyl (C=O) groups excluding carboxylic acids is 1. The molecule has 2 aromatic carbocycles. The Kier molecular flexibility index (Phi) is 4.60. The second kappa shape index (κ2) is 6.83. The van der Waals surface area contributed by atoms with Gasteiger partial charge in [0.05, 0.1) is 20.3 Å². The Balaban J connectivity index is 1.93. The molecular weight excluding hydrogens is 306 g/mol. The van der Waals surface area contributed by atoms with Crippen LogP contribution < -0.4 is 9.47 Å². The van der Waals surface area contributed by atoms with Crippen LogP contribution in [0, 0.1) is 0 Å². The summed E-state index contributed by atoms with van der Waals surface area (Å²) in [6.07, 6.45) is 2.35. The lowest BCUT2D eigenvalue weighted by molar-refractivity contribution is -0.120. The molecule has 0 aromatic heterocycles. The van der Waals surface area contributed by atoms with Crippen LogP contribution in [0.4, 0.5) is 0 Å². The van der Waals surface area contributed by atoms with Gasteiger partial charge in [-0.15, -0.1) is 0 Å². The minimum Gasteiger partial charge on any atom is -0.504 e. The molecule has 1 unspecified atom stereocenters. The Morgan fingerprint density at radius 1 is 1.21 bits per heavy atom. The van der Waals surface area contributed by atoms with E-state index in [2.05, 4.69) is 0 Å². The van der Waals surface area contributed by atoms with E-state index in [0.717, 1.165) is 29.7 Å². The first-order chi connectivity index (χ1) is 11.7. The number of nitrogens with zero attached hydrogens (tertiary/aromatic N) is 1. The molecule has 2 aromatic rings. The highest BCUT2D eigenvalue weighted by Gasteiger charge is 2.27. The van der Waals surface area contributed by atoms with Gasteiger partial charge in [-0.1, -0.05) is 12.1 Å². The largest absolute Gasteiger partial charge is 0.504 e. The van der Waals surface area contributed by atoms with Crippen molar-refractivity contribution in [3.05, 3.63) is 53.1 Å². The second-order valence-electron chi connectivity index (χ2n) is 5.88. The lowest BCUT2D eigenvalue weighted by Gasteiger charge is -2.35. The maximum Gasteiger partial charge on any atom is 0.210 e. The first-order valence-corrected chi connectivity index (χ1v) is 7.90. The highest BCUT2D eigenvalue weighted by atomic mass is 16.5. The number of amides is 1. The molecular formula is C19H21NO4. The number of phenolic OH excluding ortho intramolecular Hbond substituents is 1. The Hall–Kier alpha value is -2.69. The SMILES string of the molecule is COc1ccc2c(c1)CCN(C=O)C2Cc1ccc(OC)c(O)c1. The van der Waals surface area contributed by atoms with Crippen LogP contribution in [0.15, 0.2) is 36.4 Å². The zero-order chi connectivity index (χ0) is 17.1. The number of carbonyl (C=O) groups is 1. The number of rotatable bonds is 5. The number of hydrogen-bond donors (Lipinski definition) is 1. The molecule has 1 N–H and O–H groups in total. The Morgan fingerprint density at radius 3 is 2.71 bits per heavy atom. The van der Waals surface area contributed by atoms with Crippen molar-refractivity contribution in [2.24, 2.45) is 0 Å². The summed E-state index contributed by atoms with van der Waals surface area (Å²) in [5.74, 6) is 1.38. The Labute approximate surface area is 141 Å². The molecule has 0 saturated heterocycles. The highest BCUT2D eigenvalue weighted by molar-refractivity contribution is 5.53. The molecule has 5 heteroatoms. The van der Waals surface area contributed by atoms with Gasteiger partial charge < -0.3 is 19.5 Å². The highest BCUT2D eigenvalue weighted by Crippen LogP contribution is 2.35. The molecule has 1 aliphatic rings. The van der Waals surface area contributed by atoms with Crippen LogP contribution in [0.25, 0.3) is 0 Å². The number of fused-ring (bicyclic) bond motifs is 1. The van der Waals surface area contributed by atoms with Gasteiger partial charge >= 0.3 is 0 Å². The van der Waals surface area contributed by atoms with E-state index in [4.69, 9.17) is 9.47 Å². The fourth-order valence-corrected chi connectivity index (χ4v) is 3.27. The minimum atomic E-state index is -0.0510. The Bertz CT molecular complexity index is 744. The molecule has 24 heavy (non-hydrogen) atoms. The predicted octanol–water partition coefficient (Wildman–Crippen LogP) is 2.71. The van der Waals surface area contributed by atoms with Crippen molar-refractivity contribution in [2.75, 3.05) is 20.8 Å². The predicted molar refractivity (Wildman–Crippen MR) is 90.6 cm³/mol. The summed E-state index contributed by atoms with van der Waals surface area (Å²) in [5.41, 5.74) is 3.29. The fraction of sp³-hybridized carbons (Fsp3) is 0.316. The van der Waals surface area contributed by atoms with E-state index < -0.39 is 0 Å². The smallest absolute Gasteiger partial charge is 0.210 e. The van der Waals surface area contributed by atoms with Crippen LogP contribution in [0.3, 0.4) is 0 Å². The van der Waals surface area contributed by atoms with Gasteiger partial charge in [0.1, 0.15) is 5.75 Å². The van der Waals surface area contributed by atoms with Crippen molar-refractivity contribution in [1.82, 2.24) is 4.90 Å². The first-order valence-electron chi connectivity index (χ1n) is 7.90. The zero-order valence-corrected chi connectivity index (χ0v) is 13.9. The van der Waals surface area contributed by atoms with Crippen molar-refractivity contribution in [3.8, 4) is 17.2 Å². The third-order valence-electron chi connectivity index (χ3n) is 4.56. The molecule has 1 atom stereocenters. The maximum atomic E-state index is 11.5. The molecule has 0 saturated carbocycles. The van der Waals surface area contributed by atoms with E-state index in [1.165, 1.54) is 12.7 Å². The van der Waals surface area contributed by atoms with Crippen molar-refractivity contribution < 1.29 is 19.4 Å². The number of phenols is 1. The third kappa shape index (κ3) is 3.02. The van der Waals surface area contributed by atoms with Crippen LogP contribution in [-0.2, 0) is 17.6 Å². The van der Waals surface area contributed by atoms with E-state index in [0.29, 0.717) is 18.7 Å². The molecule has 3 rings (SSSR count). The molecule has 0 spiro atoms. The van der Waals surface area contributed by atoms with Crippen LogP contribution in [0.2, 0.25) is 0 Å². The van der Waals surface area contributed by atoms with E-state index in [1.54, 1.807) is 19.2 Å². The van der Waals surface area contributed by atoms with E-state index in [1.807, 2.05) is 29.2 Å². The summed E-state index contributed by atoms with van der Waals surface area (Å²) in [5, 5.41) is 9.98. The Morgan fingerprint density at radius 2 is 2.04 bits per heavy atom. The van der Waals surface area contributed by atoms with E-state index in [-0.39, 0.29) is 11.8 Å². The lowest BCUT2D eigenvalue weighted by atomic mass is 9.89. The number of methoxy groups -OCH3 is 2. The van der Waals surface area contributed by atoms with Crippen molar-refractivity contribution in [3.63, 3.8) is 0 Å². The standard InChI is InChI=1S/C19H21NO4/c1-23-15-4-5-16-14(11-15)7-8-20(12-21)17(16)9-13-3-6-19(24-2)18(22)10-13/h3-6,10-12,17,22H,7-9H2,1-2H3. The molecule has 5 nitrogen and oxygen atoms in total. The van der Waals surface area contributed by atoms with Gasteiger partial charge in [0, 0.05) is 6.54 Å². The number of benzene rings is 2. The van der Waals surface area contributed by atoms with Gasteiger partial charge in [-0.25, -0.2) is 0 Å². The van der Waals surface area contributed by atoms with Gasteiger partial charge in [0.25, 0.3) is 0 Å². The fourth-order valence-electron chi connectivity index (χ4n) is 3.27. The molecule has 1 heterocycles. The topological polar surface area (TPSA) is 59.0 Å². The molecule has 0 radical (unpaired) electrons. The quantitative estimate of drug-likeness (QED) is 0.858. The van der Waals surface area contributed by atoms with Crippen LogP contribution in [0.1, 0.15) is 22.7 Å². The van der Waals surface area contributed by atoms with Crippen molar-refractivity contribution >= 4 is 6.41 Å². The summed E-state index contributed by atoms with van der Waals surface area (Å²) in [4.78, 5) is 13.3. The summed E-state index contributed by atoms with van der Waals surface area (Å²) >= 11 is 0. The van der Waals surface area contributed by atoms with Crippen LogP contribution in [-0.4, -0.2) is 37.2 Å². The van der Waals surface area contributed by atoms with Gasteiger partial charge in [0.2, 0.25) is 6.41 Å². The van der Waals surface area contributed by atoms with Gasteiger partial charge in [-0.05, 0) is 53.8 Å². The number of aromatic hydroxyl groups is 1. The van der Waals surface area contributed by atoms with E-state index >= 15 is 0 Å². The first kappa shape index (κ1) is 16.2. The summed E-state index contributed by atoms with van der Waals surface area (Å²) < 4.78 is 10.4.